The molecule has 2 rings (SSSR count). The van der Waals surface area contributed by atoms with Crippen molar-refractivity contribution in [2.45, 2.75) is 39.7 Å². The first-order valence-corrected chi connectivity index (χ1v) is 8.99. The van der Waals surface area contributed by atoms with Crippen LogP contribution in [0.1, 0.15) is 36.2 Å². The lowest BCUT2D eigenvalue weighted by atomic mass is 10.2. The van der Waals surface area contributed by atoms with Crippen molar-refractivity contribution in [3.05, 3.63) is 46.2 Å². The highest BCUT2D eigenvalue weighted by atomic mass is 32.1. The Morgan fingerprint density at radius 2 is 2.17 bits per heavy atom. The predicted octanol–water partition coefficient (Wildman–Crippen LogP) is 2.92. The molecule has 6 heteroatoms. The number of nitrogens with one attached hydrogen (secondary N) is 2. The number of guanidine groups is 1. The van der Waals surface area contributed by atoms with Gasteiger partial charge in [0, 0.05) is 30.4 Å². The zero-order valence-electron chi connectivity index (χ0n) is 13.9. The van der Waals surface area contributed by atoms with Gasteiger partial charge in [-0.3, -0.25) is 4.98 Å². The van der Waals surface area contributed by atoms with Crippen LogP contribution in [0.5, 0.6) is 0 Å². The fourth-order valence-corrected chi connectivity index (χ4v) is 2.94. The number of unbranched alkanes of at least 4 members (excludes halogenated alkanes) is 1. The fourth-order valence-electron chi connectivity index (χ4n) is 2.12. The molecule has 0 spiro atoms. The van der Waals surface area contributed by atoms with Crippen molar-refractivity contribution in [3.63, 3.8) is 0 Å². The lowest BCUT2D eigenvalue weighted by Crippen LogP contribution is -2.37. The standard InChI is InChI=1S/C17H25N5S/c1-3-18-17(21-12-15-8-4-6-10-19-15)20-11-7-5-9-16-22-14(2)13-23-16/h4,6,8,10,13H,3,5,7,9,11-12H2,1-2H3,(H2,18,20,21). The van der Waals surface area contributed by atoms with Crippen LogP contribution in [0.4, 0.5) is 0 Å². The van der Waals surface area contributed by atoms with Gasteiger partial charge in [-0.15, -0.1) is 11.3 Å². The largest absolute Gasteiger partial charge is 0.357 e. The quantitative estimate of drug-likeness (QED) is 0.443. The zero-order chi connectivity index (χ0) is 16.3. The van der Waals surface area contributed by atoms with E-state index in [9.17, 15) is 0 Å². The van der Waals surface area contributed by atoms with E-state index in [4.69, 9.17) is 0 Å². The van der Waals surface area contributed by atoms with Crippen LogP contribution in [0, 0.1) is 6.92 Å². The molecule has 0 radical (unpaired) electrons. The molecule has 124 valence electrons. The summed E-state index contributed by atoms with van der Waals surface area (Å²) in [6.07, 6.45) is 5.10. The average molecular weight is 331 g/mol. The van der Waals surface area contributed by atoms with E-state index in [1.54, 1.807) is 17.5 Å². The van der Waals surface area contributed by atoms with Crippen molar-refractivity contribution >= 4 is 17.3 Å². The molecule has 0 saturated carbocycles. The van der Waals surface area contributed by atoms with Gasteiger partial charge in [-0.2, -0.15) is 0 Å². The second-order valence-corrected chi connectivity index (χ2v) is 6.23. The molecule has 0 aliphatic heterocycles. The summed E-state index contributed by atoms with van der Waals surface area (Å²) in [5.74, 6) is 0.850. The van der Waals surface area contributed by atoms with Crippen molar-refractivity contribution in [1.82, 2.24) is 20.6 Å². The molecule has 0 aliphatic carbocycles. The van der Waals surface area contributed by atoms with Gasteiger partial charge in [-0.1, -0.05) is 6.07 Å². The summed E-state index contributed by atoms with van der Waals surface area (Å²) in [6.45, 7) is 6.48. The van der Waals surface area contributed by atoms with E-state index in [1.807, 2.05) is 25.1 Å². The van der Waals surface area contributed by atoms with Crippen molar-refractivity contribution in [1.29, 1.82) is 0 Å². The molecule has 2 aromatic heterocycles. The van der Waals surface area contributed by atoms with Crippen LogP contribution in [0.3, 0.4) is 0 Å². The molecule has 5 nitrogen and oxygen atoms in total. The summed E-state index contributed by atoms with van der Waals surface area (Å²) in [4.78, 5) is 13.3. The third kappa shape index (κ3) is 6.78. The van der Waals surface area contributed by atoms with Gasteiger partial charge in [-0.25, -0.2) is 9.98 Å². The van der Waals surface area contributed by atoms with Crippen molar-refractivity contribution in [2.24, 2.45) is 4.99 Å². The topological polar surface area (TPSA) is 62.2 Å². The normalized spacial score (nSPS) is 11.5. The molecule has 0 atom stereocenters. The van der Waals surface area contributed by atoms with E-state index in [-0.39, 0.29) is 0 Å². The van der Waals surface area contributed by atoms with E-state index in [1.165, 1.54) is 5.01 Å². The molecular weight excluding hydrogens is 306 g/mol. The Hall–Kier alpha value is -1.95. The maximum absolute atomic E-state index is 4.56. The number of aliphatic imine (C=N–C) groups is 1. The molecule has 2 aromatic rings. The van der Waals surface area contributed by atoms with Crippen molar-refractivity contribution in [2.75, 3.05) is 13.1 Å². The first-order valence-electron chi connectivity index (χ1n) is 8.11. The number of pyridine rings is 1. The zero-order valence-corrected chi connectivity index (χ0v) is 14.7. The summed E-state index contributed by atoms with van der Waals surface area (Å²) in [5, 5.41) is 9.99. The fraction of sp³-hybridized carbons (Fsp3) is 0.471. The van der Waals surface area contributed by atoms with Gasteiger partial charge in [-0.05, 0) is 45.2 Å². The van der Waals surface area contributed by atoms with Gasteiger partial charge < -0.3 is 10.6 Å². The summed E-state index contributed by atoms with van der Waals surface area (Å²) >= 11 is 1.75. The first-order chi connectivity index (χ1) is 11.3. The number of thiazole rings is 1. The minimum atomic E-state index is 0.592. The molecule has 2 heterocycles. The molecule has 0 amide bonds. The number of rotatable bonds is 8. The highest BCUT2D eigenvalue weighted by molar-refractivity contribution is 7.09. The molecule has 0 saturated heterocycles. The molecule has 0 unspecified atom stereocenters. The Balaban J connectivity index is 1.69. The second-order valence-electron chi connectivity index (χ2n) is 5.28. The Morgan fingerprint density at radius 3 is 2.87 bits per heavy atom. The lowest BCUT2D eigenvalue weighted by Gasteiger charge is -2.10. The van der Waals surface area contributed by atoms with Gasteiger partial charge in [0.2, 0.25) is 0 Å². The second kappa shape index (κ2) is 9.94. The Morgan fingerprint density at radius 1 is 1.26 bits per heavy atom. The van der Waals surface area contributed by atoms with Crippen LogP contribution in [-0.2, 0) is 13.0 Å². The highest BCUT2D eigenvalue weighted by Crippen LogP contribution is 2.11. The molecular formula is C17H25N5S. The Kier molecular flexibility index (Phi) is 7.52. The van der Waals surface area contributed by atoms with Gasteiger partial charge in [0.25, 0.3) is 0 Å². The molecule has 0 aliphatic rings. The van der Waals surface area contributed by atoms with Crippen molar-refractivity contribution < 1.29 is 0 Å². The third-order valence-electron chi connectivity index (χ3n) is 3.25. The number of aryl methyl sites for hydroxylation is 2. The van der Waals surface area contributed by atoms with Crippen LogP contribution >= 0.6 is 11.3 Å². The van der Waals surface area contributed by atoms with Crippen LogP contribution in [0.25, 0.3) is 0 Å². The van der Waals surface area contributed by atoms with E-state index in [0.717, 1.165) is 49.7 Å². The monoisotopic (exact) mass is 331 g/mol. The molecule has 0 fully saturated rings. The van der Waals surface area contributed by atoms with Crippen LogP contribution in [0.15, 0.2) is 34.8 Å². The van der Waals surface area contributed by atoms with E-state index < -0.39 is 0 Å². The van der Waals surface area contributed by atoms with Gasteiger partial charge >= 0.3 is 0 Å². The summed E-state index contributed by atoms with van der Waals surface area (Å²) in [7, 11) is 0. The summed E-state index contributed by atoms with van der Waals surface area (Å²) in [6, 6.07) is 5.89. The minimum absolute atomic E-state index is 0.592. The van der Waals surface area contributed by atoms with Gasteiger partial charge in [0.05, 0.1) is 17.2 Å². The number of hydrogen-bond donors (Lipinski definition) is 2. The molecule has 2 N–H and O–H groups in total. The lowest BCUT2D eigenvalue weighted by molar-refractivity contribution is 0.692. The SMILES string of the molecule is CCNC(=NCc1ccccn1)NCCCCc1nc(C)cs1. The number of nitrogens with zero attached hydrogens (tertiary/aromatic N) is 3. The van der Waals surface area contributed by atoms with Crippen LogP contribution in [0.2, 0.25) is 0 Å². The number of hydrogen-bond acceptors (Lipinski definition) is 4. The van der Waals surface area contributed by atoms with Gasteiger partial charge in [0.1, 0.15) is 0 Å². The average Bonchev–Trinajstić information content (AvgIpc) is 2.98. The smallest absolute Gasteiger partial charge is 0.191 e. The van der Waals surface area contributed by atoms with E-state index in [2.05, 4.69) is 37.9 Å². The first kappa shape index (κ1) is 17.4. The van der Waals surface area contributed by atoms with Crippen LogP contribution in [-0.4, -0.2) is 29.0 Å². The molecule has 0 bridgehead atoms. The van der Waals surface area contributed by atoms with E-state index >= 15 is 0 Å². The van der Waals surface area contributed by atoms with E-state index in [0.29, 0.717) is 6.54 Å². The van der Waals surface area contributed by atoms with Crippen molar-refractivity contribution in [3.8, 4) is 0 Å². The third-order valence-corrected chi connectivity index (χ3v) is 4.27. The molecule has 23 heavy (non-hydrogen) atoms. The molecule has 0 aromatic carbocycles. The Bertz CT molecular complexity index is 594. The summed E-state index contributed by atoms with van der Waals surface area (Å²) in [5.41, 5.74) is 2.10. The van der Waals surface area contributed by atoms with Crippen LogP contribution < -0.4 is 10.6 Å². The maximum atomic E-state index is 4.56. The maximum Gasteiger partial charge on any atom is 0.191 e. The van der Waals surface area contributed by atoms with Gasteiger partial charge in [0.15, 0.2) is 5.96 Å². The Labute approximate surface area is 142 Å². The number of aromatic nitrogens is 2. The minimum Gasteiger partial charge on any atom is -0.357 e. The summed E-state index contributed by atoms with van der Waals surface area (Å²) < 4.78 is 0. The predicted molar refractivity (Wildman–Crippen MR) is 96.8 cm³/mol. The highest BCUT2D eigenvalue weighted by Gasteiger charge is 2.00.